The summed E-state index contributed by atoms with van der Waals surface area (Å²) >= 11 is 1.61. The maximum absolute atomic E-state index is 12.9. The number of halogens is 1. The average molecular weight is 198 g/mol. The fourth-order valence-electron chi connectivity index (χ4n) is 1.06. The third-order valence-electron chi connectivity index (χ3n) is 1.58. The number of nitrogens with one attached hydrogen (secondary N) is 1. The summed E-state index contributed by atoms with van der Waals surface area (Å²) in [6.07, 6.45) is 1.94. The molecule has 2 nitrogen and oxygen atoms in total. The van der Waals surface area contributed by atoms with Crippen LogP contribution in [0.15, 0.2) is 18.2 Å². The van der Waals surface area contributed by atoms with Crippen molar-refractivity contribution in [3.8, 4) is 0 Å². The van der Waals surface area contributed by atoms with Crippen LogP contribution in [-0.2, 0) is 5.75 Å². The zero-order chi connectivity index (χ0) is 9.84. The quantitative estimate of drug-likeness (QED) is 0.576. The van der Waals surface area contributed by atoms with E-state index in [4.69, 9.17) is 11.1 Å². The number of rotatable bonds is 3. The standard InChI is InChI=1S/C9H11FN2S/c1-13-5-6-2-7(9(11)12)4-8(10)3-6/h2-4H,5H2,1H3,(H3,11,12). The van der Waals surface area contributed by atoms with Crippen molar-refractivity contribution >= 4 is 17.6 Å². The first-order chi connectivity index (χ1) is 6.13. The van der Waals surface area contributed by atoms with Crippen LogP contribution in [0.5, 0.6) is 0 Å². The highest BCUT2D eigenvalue weighted by Gasteiger charge is 2.02. The number of nitrogens with two attached hydrogens (primary N) is 1. The van der Waals surface area contributed by atoms with Crippen LogP contribution < -0.4 is 5.73 Å². The van der Waals surface area contributed by atoms with Crippen LogP contribution in [0.25, 0.3) is 0 Å². The SMILES string of the molecule is CSCc1cc(F)cc(C(=N)N)c1. The van der Waals surface area contributed by atoms with E-state index < -0.39 is 0 Å². The first-order valence-electron chi connectivity index (χ1n) is 3.76. The Kier molecular flexibility index (Phi) is 3.31. The van der Waals surface area contributed by atoms with Gasteiger partial charge in [-0.05, 0) is 30.0 Å². The Morgan fingerprint density at radius 2 is 2.23 bits per heavy atom. The first-order valence-corrected chi connectivity index (χ1v) is 5.15. The van der Waals surface area contributed by atoms with Gasteiger partial charge in [-0.3, -0.25) is 5.41 Å². The van der Waals surface area contributed by atoms with Gasteiger partial charge in [0.1, 0.15) is 11.7 Å². The summed E-state index contributed by atoms with van der Waals surface area (Å²) in [7, 11) is 0. The molecule has 0 aliphatic carbocycles. The molecule has 0 saturated heterocycles. The predicted octanol–water partition coefficient (Wildman–Crippen LogP) is 1.97. The smallest absolute Gasteiger partial charge is 0.124 e. The van der Waals surface area contributed by atoms with E-state index in [0.29, 0.717) is 5.56 Å². The molecule has 0 radical (unpaired) electrons. The van der Waals surface area contributed by atoms with Gasteiger partial charge in [-0.15, -0.1) is 0 Å². The van der Waals surface area contributed by atoms with Crippen molar-refractivity contribution in [2.75, 3.05) is 6.26 Å². The van der Waals surface area contributed by atoms with Gasteiger partial charge in [0, 0.05) is 11.3 Å². The summed E-state index contributed by atoms with van der Waals surface area (Å²) in [5.41, 5.74) is 6.56. The molecule has 0 unspecified atom stereocenters. The Hall–Kier alpha value is -1.03. The summed E-state index contributed by atoms with van der Waals surface area (Å²) in [4.78, 5) is 0. The minimum absolute atomic E-state index is 0.0955. The molecule has 3 N–H and O–H groups in total. The van der Waals surface area contributed by atoms with Crippen molar-refractivity contribution in [2.24, 2.45) is 5.73 Å². The fraction of sp³-hybridized carbons (Fsp3) is 0.222. The van der Waals surface area contributed by atoms with E-state index in [1.54, 1.807) is 17.8 Å². The molecule has 0 amide bonds. The monoisotopic (exact) mass is 198 g/mol. The fourth-order valence-corrected chi connectivity index (χ4v) is 1.56. The highest BCUT2D eigenvalue weighted by molar-refractivity contribution is 7.97. The van der Waals surface area contributed by atoms with Gasteiger partial charge in [-0.2, -0.15) is 11.8 Å². The molecule has 1 rings (SSSR count). The number of amidine groups is 1. The molecule has 0 heterocycles. The van der Waals surface area contributed by atoms with Gasteiger partial charge >= 0.3 is 0 Å². The zero-order valence-electron chi connectivity index (χ0n) is 7.30. The van der Waals surface area contributed by atoms with E-state index >= 15 is 0 Å². The molecule has 0 bridgehead atoms. The lowest BCUT2D eigenvalue weighted by Gasteiger charge is -2.03. The summed E-state index contributed by atoms with van der Waals surface area (Å²) in [6, 6.07) is 4.47. The van der Waals surface area contributed by atoms with Gasteiger partial charge in [0.15, 0.2) is 0 Å². The van der Waals surface area contributed by atoms with Crippen LogP contribution in [0.3, 0.4) is 0 Å². The lowest BCUT2D eigenvalue weighted by molar-refractivity contribution is 0.626. The molecular formula is C9H11FN2S. The third kappa shape index (κ3) is 2.73. The molecule has 13 heavy (non-hydrogen) atoms. The molecule has 70 valence electrons. The van der Waals surface area contributed by atoms with Crippen molar-refractivity contribution in [2.45, 2.75) is 5.75 Å². The number of nitrogen functional groups attached to an aromatic ring is 1. The Balaban J connectivity index is 3.03. The van der Waals surface area contributed by atoms with Gasteiger partial charge in [-0.1, -0.05) is 0 Å². The summed E-state index contributed by atoms with van der Waals surface area (Å²) in [5, 5.41) is 7.17. The molecular weight excluding hydrogens is 187 g/mol. The highest BCUT2D eigenvalue weighted by atomic mass is 32.2. The summed E-state index contributed by atoms with van der Waals surface area (Å²) in [6.45, 7) is 0. The molecule has 1 aromatic carbocycles. The lowest BCUT2D eigenvalue weighted by Crippen LogP contribution is -2.11. The molecule has 0 atom stereocenters. The Bertz CT molecular complexity index is 325. The normalized spacial score (nSPS) is 10.0. The molecule has 1 aromatic rings. The van der Waals surface area contributed by atoms with Gasteiger partial charge in [0.25, 0.3) is 0 Å². The summed E-state index contributed by atoms with van der Waals surface area (Å²) < 4.78 is 12.9. The first kappa shape index (κ1) is 10.1. The van der Waals surface area contributed by atoms with E-state index in [0.717, 1.165) is 11.3 Å². The zero-order valence-corrected chi connectivity index (χ0v) is 8.12. The minimum atomic E-state index is -0.336. The average Bonchev–Trinajstić information content (AvgIpc) is 2.03. The molecule has 0 fully saturated rings. The predicted molar refractivity (Wildman–Crippen MR) is 54.6 cm³/mol. The molecule has 0 spiro atoms. The molecule has 0 aliphatic rings. The number of benzene rings is 1. The van der Waals surface area contributed by atoms with Gasteiger partial charge in [0.2, 0.25) is 0 Å². The van der Waals surface area contributed by atoms with Gasteiger partial charge < -0.3 is 5.73 Å². The largest absolute Gasteiger partial charge is 0.384 e. The molecule has 4 heteroatoms. The Morgan fingerprint density at radius 3 is 2.77 bits per heavy atom. The van der Waals surface area contributed by atoms with E-state index in [9.17, 15) is 4.39 Å². The van der Waals surface area contributed by atoms with Gasteiger partial charge in [0.05, 0.1) is 0 Å². The third-order valence-corrected chi connectivity index (χ3v) is 2.20. The van der Waals surface area contributed by atoms with E-state index in [1.165, 1.54) is 12.1 Å². The van der Waals surface area contributed by atoms with E-state index in [2.05, 4.69) is 0 Å². The van der Waals surface area contributed by atoms with Gasteiger partial charge in [-0.25, -0.2) is 4.39 Å². The molecule has 0 aromatic heterocycles. The maximum atomic E-state index is 12.9. The minimum Gasteiger partial charge on any atom is -0.384 e. The van der Waals surface area contributed by atoms with Crippen LogP contribution >= 0.6 is 11.8 Å². The van der Waals surface area contributed by atoms with Crippen molar-refractivity contribution in [3.63, 3.8) is 0 Å². The number of hydrogen-bond acceptors (Lipinski definition) is 2. The van der Waals surface area contributed by atoms with Crippen LogP contribution in [0, 0.1) is 11.2 Å². The highest BCUT2D eigenvalue weighted by Crippen LogP contribution is 2.13. The van der Waals surface area contributed by atoms with Crippen molar-refractivity contribution in [1.82, 2.24) is 0 Å². The Labute approximate surface area is 80.8 Å². The lowest BCUT2D eigenvalue weighted by atomic mass is 10.1. The Morgan fingerprint density at radius 1 is 1.54 bits per heavy atom. The van der Waals surface area contributed by atoms with Crippen LogP contribution in [0.4, 0.5) is 4.39 Å². The van der Waals surface area contributed by atoms with Crippen molar-refractivity contribution < 1.29 is 4.39 Å². The number of hydrogen-bond donors (Lipinski definition) is 2. The maximum Gasteiger partial charge on any atom is 0.124 e. The summed E-state index contributed by atoms with van der Waals surface area (Å²) in [5.74, 6) is 0.302. The second kappa shape index (κ2) is 4.28. The van der Waals surface area contributed by atoms with Crippen LogP contribution in [-0.4, -0.2) is 12.1 Å². The van der Waals surface area contributed by atoms with Crippen molar-refractivity contribution in [1.29, 1.82) is 5.41 Å². The topological polar surface area (TPSA) is 49.9 Å². The second-order valence-electron chi connectivity index (χ2n) is 2.69. The molecule has 0 saturated carbocycles. The van der Waals surface area contributed by atoms with E-state index in [-0.39, 0.29) is 11.7 Å². The number of thioether (sulfide) groups is 1. The van der Waals surface area contributed by atoms with Crippen molar-refractivity contribution in [3.05, 3.63) is 35.1 Å². The second-order valence-corrected chi connectivity index (χ2v) is 3.56. The van der Waals surface area contributed by atoms with Crippen LogP contribution in [0.1, 0.15) is 11.1 Å². The van der Waals surface area contributed by atoms with E-state index in [1.807, 2.05) is 6.26 Å². The molecule has 0 aliphatic heterocycles. The van der Waals surface area contributed by atoms with Crippen LogP contribution in [0.2, 0.25) is 0 Å².